The minimum atomic E-state index is -0.0739. The van der Waals surface area contributed by atoms with Crippen molar-refractivity contribution in [1.82, 2.24) is 9.78 Å². The van der Waals surface area contributed by atoms with Crippen LogP contribution in [0.5, 0.6) is 5.75 Å². The summed E-state index contributed by atoms with van der Waals surface area (Å²) in [7, 11) is 0. The summed E-state index contributed by atoms with van der Waals surface area (Å²) in [5.74, 6) is 0.811. The molecule has 1 aromatic heterocycles. The molecule has 1 aromatic carbocycles. The lowest BCUT2D eigenvalue weighted by atomic mass is 10.1. The quantitative estimate of drug-likeness (QED) is 0.847. The third-order valence-corrected chi connectivity index (χ3v) is 4.04. The third-order valence-electron chi connectivity index (χ3n) is 3.54. The van der Waals surface area contributed by atoms with E-state index in [0.717, 1.165) is 27.9 Å². The summed E-state index contributed by atoms with van der Waals surface area (Å²) in [6, 6.07) is 8.23. The summed E-state index contributed by atoms with van der Waals surface area (Å²) < 4.78 is 8.87. The number of halogens is 1. The first kappa shape index (κ1) is 16.0. The molecule has 0 fully saturated rings. The lowest BCUT2D eigenvalue weighted by Gasteiger charge is -2.14. The summed E-state index contributed by atoms with van der Waals surface area (Å²) in [5.41, 5.74) is 7.91. The van der Waals surface area contributed by atoms with E-state index in [2.05, 4.69) is 34.9 Å². The van der Waals surface area contributed by atoms with E-state index in [9.17, 15) is 0 Å². The maximum absolute atomic E-state index is 5.99. The van der Waals surface area contributed by atoms with Crippen LogP contribution in [0.1, 0.15) is 50.5 Å². The Morgan fingerprint density at radius 3 is 2.76 bits per heavy atom. The van der Waals surface area contributed by atoms with Crippen molar-refractivity contribution in [2.24, 2.45) is 5.73 Å². The molecule has 114 valence electrons. The fourth-order valence-electron chi connectivity index (χ4n) is 2.05. The fraction of sp³-hybridized carbons (Fsp3) is 0.438. The van der Waals surface area contributed by atoms with Crippen molar-refractivity contribution in [3.63, 3.8) is 0 Å². The van der Waals surface area contributed by atoms with E-state index in [1.165, 1.54) is 0 Å². The Labute approximate surface area is 134 Å². The smallest absolute Gasteiger partial charge is 0.132 e. The number of rotatable bonds is 6. The summed E-state index contributed by atoms with van der Waals surface area (Å²) in [4.78, 5) is 0. The molecule has 21 heavy (non-hydrogen) atoms. The number of benzene rings is 1. The Kier molecular flexibility index (Phi) is 5.42. The molecule has 1 heterocycles. The van der Waals surface area contributed by atoms with E-state index in [4.69, 9.17) is 10.5 Å². The minimum Gasteiger partial charge on any atom is -0.487 e. The molecule has 5 heteroatoms. The van der Waals surface area contributed by atoms with Crippen molar-refractivity contribution >= 4 is 15.9 Å². The van der Waals surface area contributed by atoms with E-state index in [1.54, 1.807) is 0 Å². The van der Waals surface area contributed by atoms with Gasteiger partial charge in [0.2, 0.25) is 0 Å². The highest BCUT2D eigenvalue weighted by Gasteiger charge is 2.10. The van der Waals surface area contributed by atoms with Gasteiger partial charge in [0.25, 0.3) is 0 Å². The van der Waals surface area contributed by atoms with Crippen LogP contribution in [0.4, 0.5) is 0 Å². The maximum Gasteiger partial charge on any atom is 0.132 e. The second-order valence-corrected chi connectivity index (χ2v) is 6.22. The van der Waals surface area contributed by atoms with Crippen molar-refractivity contribution in [2.45, 2.75) is 45.9 Å². The monoisotopic (exact) mass is 351 g/mol. The molecule has 0 bridgehead atoms. The van der Waals surface area contributed by atoms with E-state index < -0.39 is 0 Å². The molecular formula is C16H22BrN3O. The summed E-state index contributed by atoms with van der Waals surface area (Å²) in [6.45, 7) is 6.71. The van der Waals surface area contributed by atoms with Gasteiger partial charge in [0.15, 0.2) is 0 Å². The van der Waals surface area contributed by atoms with Gasteiger partial charge in [0.1, 0.15) is 12.4 Å². The molecule has 2 atom stereocenters. The van der Waals surface area contributed by atoms with Crippen molar-refractivity contribution in [1.29, 1.82) is 0 Å². The Balaban J connectivity index is 2.08. The molecule has 0 radical (unpaired) electrons. The van der Waals surface area contributed by atoms with Crippen LogP contribution >= 0.6 is 15.9 Å². The minimum absolute atomic E-state index is 0.0739. The normalized spacial score (nSPS) is 14.0. The third kappa shape index (κ3) is 4.08. The van der Waals surface area contributed by atoms with Gasteiger partial charge < -0.3 is 10.5 Å². The molecule has 0 spiro atoms. The highest BCUT2D eigenvalue weighted by Crippen LogP contribution is 2.28. The van der Waals surface area contributed by atoms with Gasteiger partial charge in [-0.25, -0.2) is 0 Å². The van der Waals surface area contributed by atoms with Crippen molar-refractivity contribution < 1.29 is 4.74 Å². The number of hydrogen-bond acceptors (Lipinski definition) is 3. The first-order chi connectivity index (χ1) is 10.0. The predicted octanol–water partition coefficient (Wildman–Crippen LogP) is 4.22. The van der Waals surface area contributed by atoms with E-state index >= 15 is 0 Å². The average Bonchev–Trinajstić information content (AvgIpc) is 2.93. The Morgan fingerprint density at radius 2 is 2.10 bits per heavy atom. The zero-order valence-corrected chi connectivity index (χ0v) is 14.3. The first-order valence-corrected chi connectivity index (χ1v) is 8.02. The summed E-state index contributed by atoms with van der Waals surface area (Å²) >= 11 is 3.46. The zero-order chi connectivity index (χ0) is 15.4. The summed E-state index contributed by atoms with van der Waals surface area (Å²) in [6.07, 6.45) is 3.06. The standard InChI is InChI=1S/C16H22BrN3O/c1-4-11(2)20-8-7-14(19-20)10-21-16-6-5-13(17)9-15(16)12(3)18/h5-9,11-12H,4,10,18H2,1-3H3/t11?,12-/m0/s1. The van der Waals surface area contributed by atoms with Crippen LogP contribution < -0.4 is 10.5 Å². The Bertz CT molecular complexity index is 595. The topological polar surface area (TPSA) is 53.1 Å². The molecule has 2 aromatic rings. The Hall–Kier alpha value is -1.33. The van der Waals surface area contributed by atoms with Crippen LogP contribution in [0.25, 0.3) is 0 Å². The highest BCUT2D eigenvalue weighted by atomic mass is 79.9. The number of nitrogens with zero attached hydrogens (tertiary/aromatic N) is 2. The van der Waals surface area contributed by atoms with Crippen molar-refractivity contribution in [3.05, 3.63) is 46.2 Å². The van der Waals surface area contributed by atoms with Crippen LogP contribution in [-0.4, -0.2) is 9.78 Å². The first-order valence-electron chi connectivity index (χ1n) is 7.23. The van der Waals surface area contributed by atoms with Crippen LogP contribution in [0.3, 0.4) is 0 Å². The second kappa shape index (κ2) is 7.09. The largest absolute Gasteiger partial charge is 0.487 e. The van der Waals surface area contributed by atoms with Crippen molar-refractivity contribution in [2.75, 3.05) is 0 Å². The number of nitrogens with two attached hydrogens (primary N) is 1. The molecule has 0 saturated carbocycles. The van der Waals surface area contributed by atoms with Gasteiger partial charge in [-0.2, -0.15) is 5.10 Å². The van der Waals surface area contributed by atoms with E-state index in [1.807, 2.05) is 42.1 Å². The van der Waals surface area contributed by atoms with Crippen LogP contribution in [-0.2, 0) is 6.61 Å². The molecule has 0 aliphatic heterocycles. The summed E-state index contributed by atoms with van der Waals surface area (Å²) in [5, 5.41) is 4.54. The van der Waals surface area contributed by atoms with Gasteiger partial charge in [0, 0.05) is 28.3 Å². The fourth-order valence-corrected chi connectivity index (χ4v) is 2.42. The zero-order valence-electron chi connectivity index (χ0n) is 12.7. The molecule has 4 nitrogen and oxygen atoms in total. The second-order valence-electron chi connectivity index (χ2n) is 5.30. The van der Waals surface area contributed by atoms with Gasteiger partial charge in [0.05, 0.1) is 5.69 Å². The molecule has 2 N–H and O–H groups in total. The van der Waals surface area contributed by atoms with Gasteiger partial charge >= 0.3 is 0 Å². The SMILES string of the molecule is CCC(C)n1ccc(COc2ccc(Br)cc2[C@H](C)N)n1. The number of ether oxygens (including phenoxy) is 1. The molecular weight excluding hydrogens is 330 g/mol. The predicted molar refractivity (Wildman–Crippen MR) is 88.3 cm³/mol. The molecule has 0 amide bonds. The molecule has 0 aliphatic carbocycles. The number of aromatic nitrogens is 2. The lowest BCUT2D eigenvalue weighted by molar-refractivity contribution is 0.293. The van der Waals surface area contributed by atoms with Gasteiger partial charge in [-0.3, -0.25) is 4.68 Å². The van der Waals surface area contributed by atoms with Crippen molar-refractivity contribution in [3.8, 4) is 5.75 Å². The van der Waals surface area contributed by atoms with Gasteiger partial charge in [-0.15, -0.1) is 0 Å². The van der Waals surface area contributed by atoms with E-state index in [0.29, 0.717) is 12.6 Å². The molecule has 0 aliphatic rings. The van der Waals surface area contributed by atoms with Crippen LogP contribution in [0, 0.1) is 0 Å². The average molecular weight is 352 g/mol. The highest BCUT2D eigenvalue weighted by molar-refractivity contribution is 9.10. The van der Waals surface area contributed by atoms with Crippen LogP contribution in [0.2, 0.25) is 0 Å². The number of hydrogen-bond donors (Lipinski definition) is 1. The molecule has 1 unspecified atom stereocenters. The van der Waals surface area contributed by atoms with Gasteiger partial charge in [-0.1, -0.05) is 22.9 Å². The van der Waals surface area contributed by atoms with Crippen LogP contribution in [0.15, 0.2) is 34.9 Å². The Morgan fingerprint density at radius 1 is 1.33 bits per heavy atom. The molecule has 0 saturated heterocycles. The van der Waals surface area contributed by atoms with E-state index in [-0.39, 0.29) is 6.04 Å². The van der Waals surface area contributed by atoms with Gasteiger partial charge in [-0.05, 0) is 44.5 Å². The maximum atomic E-state index is 5.99. The lowest BCUT2D eigenvalue weighted by Crippen LogP contribution is -2.09. The molecule has 2 rings (SSSR count).